The van der Waals surface area contributed by atoms with Crippen molar-refractivity contribution in [3.05, 3.63) is 76.3 Å². The Hall–Kier alpha value is -2.66. The first-order chi connectivity index (χ1) is 18.8. The summed E-state index contributed by atoms with van der Waals surface area (Å²) in [7, 11) is -1.92. The minimum absolute atomic E-state index is 0.102. The number of anilines is 1. The number of likely N-dealkylation sites (N-methyl/N-ethyl adjacent to an activating group) is 1. The van der Waals surface area contributed by atoms with Crippen LogP contribution in [0, 0.1) is 11.8 Å². The molecule has 1 aliphatic heterocycles. The summed E-state index contributed by atoms with van der Waals surface area (Å²) in [5, 5.41) is 14.6. The summed E-state index contributed by atoms with van der Waals surface area (Å²) >= 11 is 6.88. The van der Waals surface area contributed by atoms with Gasteiger partial charge in [-0.05, 0) is 65.8 Å². The lowest BCUT2D eigenvalue weighted by Gasteiger charge is -2.35. The van der Waals surface area contributed by atoms with Gasteiger partial charge in [0.2, 0.25) is 0 Å². The first-order valence-electron chi connectivity index (χ1n) is 14.1. The molecule has 3 aromatic rings. The van der Waals surface area contributed by atoms with Crippen LogP contribution in [0.25, 0.3) is 10.8 Å². The van der Waals surface area contributed by atoms with Crippen LogP contribution in [0.3, 0.4) is 0 Å². The van der Waals surface area contributed by atoms with Gasteiger partial charge in [0.05, 0.1) is 17.3 Å². The van der Waals surface area contributed by atoms with Crippen LogP contribution in [0.5, 0.6) is 0 Å². The Morgan fingerprint density at radius 1 is 1.05 bits per heavy atom. The second kappa shape index (κ2) is 11.7. The molecule has 0 fully saturated rings. The SMILES string of the molecule is CCN(CC)CCN1C(=O)C(O)(c2ccc3ccccc3c2)c2c(Cl)cc(C#CCO[Si](C)(C)C(C)(C)C)cc21. The molecule has 0 aromatic heterocycles. The molecule has 0 aliphatic carbocycles. The van der Waals surface area contributed by atoms with Gasteiger partial charge in [0, 0.05) is 24.2 Å². The van der Waals surface area contributed by atoms with Crippen molar-refractivity contribution in [1.82, 2.24) is 4.90 Å². The predicted octanol–water partition coefficient (Wildman–Crippen LogP) is 6.79. The molecule has 0 radical (unpaired) electrons. The lowest BCUT2D eigenvalue weighted by molar-refractivity contribution is -0.132. The molecule has 1 aliphatic rings. The molecule has 40 heavy (non-hydrogen) atoms. The van der Waals surface area contributed by atoms with E-state index in [1.165, 1.54) is 0 Å². The van der Waals surface area contributed by atoms with E-state index in [9.17, 15) is 9.90 Å². The Kier molecular flexibility index (Phi) is 8.84. The number of hydrogen-bond donors (Lipinski definition) is 1. The van der Waals surface area contributed by atoms with Gasteiger partial charge in [-0.1, -0.05) is 94.5 Å². The van der Waals surface area contributed by atoms with Crippen LogP contribution in [0.1, 0.15) is 51.3 Å². The molecule has 0 saturated carbocycles. The number of fused-ring (bicyclic) bond motifs is 2. The average Bonchev–Trinajstić information content (AvgIpc) is 3.13. The topological polar surface area (TPSA) is 53.0 Å². The summed E-state index contributed by atoms with van der Waals surface area (Å²) in [6.45, 7) is 18.4. The van der Waals surface area contributed by atoms with Gasteiger partial charge in [0.25, 0.3) is 5.91 Å². The van der Waals surface area contributed by atoms with Gasteiger partial charge in [-0.25, -0.2) is 0 Å². The minimum Gasteiger partial charge on any atom is -0.406 e. The number of carbonyl (C=O) groups is 1. The molecule has 0 saturated heterocycles. The third-order valence-electron chi connectivity index (χ3n) is 8.52. The van der Waals surface area contributed by atoms with Crippen LogP contribution >= 0.6 is 11.6 Å². The van der Waals surface area contributed by atoms with Gasteiger partial charge in [0.15, 0.2) is 13.9 Å². The second-order valence-corrected chi connectivity index (χ2v) is 17.2. The van der Waals surface area contributed by atoms with E-state index in [1.54, 1.807) is 11.0 Å². The summed E-state index contributed by atoms with van der Waals surface area (Å²) < 4.78 is 6.21. The molecule has 5 nitrogen and oxygen atoms in total. The van der Waals surface area contributed by atoms with Gasteiger partial charge in [-0.2, -0.15) is 0 Å². The van der Waals surface area contributed by atoms with Crippen molar-refractivity contribution in [1.29, 1.82) is 0 Å². The first-order valence-corrected chi connectivity index (χ1v) is 17.3. The molecule has 1 heterocycles. The number of aliphatic hydroxyl groups is 1. The maximum atomic E-state index is 14.1. The summed E-state index contributed by atoms with van der Waals surface area (Å²) in [6, 6.07) is 17.2. The Balaban J connectivity index is 1.75. The highest BCUT2D eigenvalue weighted by molar-refractivity contribution is 6.74. The molecular formula is C33H41ClN2O3Si. The number of nitrogens with zero attached hydrogens (tertiary/aromatic N) is 2. The first kappa shape index (κ1) is 30.3. The largest absolute Gasteiger partial charge is 0.406 e. The molecule has 7 heteroatoms. The van der Waals surface area contributed by atoms with E-state index < -0.39 is 19.8 Å². The van der Waals surface area contributed by atoms with Crippen molar-refractivity contribution < 1.29 is 14.3 Å². The van der Waals surface area contributed by atoms with Crippen molar-refractivity contribution >= 4 is 42.3 Å². The van der Waals surface area contributed by atoms with Crippen LogP contribution < -0.4 is 4.90 Å². The van der Waals surface area contributed by atoms with Gasteiger partial charge in [-0.3, -0.25) is 4.79 Å². The van der Waals surface area contributed by atoms with Crippen LogP contribution in [-0.4, -0.2) is 57.0 Å². The summed E-state index contributed by atoms with van der Waals surface area (Å²) in [5.74, 6) is 5.94. The fraction of sp³-hybridized carbons (Fsp3) is 0.424. The number of benzene rings is 3. The number of rotatable bonds is 8. The molecule has 1 atom stereocenters. The van der Waals surface area contributed by atoms with E-state index in [4.69, 9.17) is 16.0 Å². The molecular weight excluding hydrogens is 536 g/mol. The zero-order valence-corrected chi connectivity index (χ0v) is 26.5. The zero-order valence-electron chi connectivity index (χ0n) is 24.8. The monoisotopic (exact) mass is 576 g/mol. The van der Waals surface area contributed by atoms with Crippen molar-refractivity contribution in [3.8, 4) is 11.8 Å². The van der Waals surface area contributed by atoms with Gasteiger partial charge >= 0.3 is 0 Å². The fourth-order valence-electron chi connectivity index (χ4n) is 4.90. The molecule has 0 bridgehead atoms. The third kappa shape index (κ3) is 5.72. The number of amides is 1. The minimum atomic E-state index is -1.92. The second-order valence-electron chi connectivity index (χ2n) is 12.0. The van der Waals surface area contributed by atoms with Gasteiger partial charge in [-0.15, -0.1) is 0 Å². The molecule has 3 aromatic carbocycles. The maximum absolute atomic E-state index is 14.1. The van der Waals surface area contributed by atoms with E-state index in [1.807, 2.05) is 48.5 Å². The van der Waals surface area contributed by atoms with Crippen LogP contribution in [0.15, 0.2) is 54.6 Å². The van der Waals surface area contributed by atoms with Crippen LogP contribution in [-0.2, 0) is 14.8 Å². The Bertz CT molecular complexity index is 1470. The van der Waals surface area contributed by atoms with E-state index in [2.05, 4.69) is 64.5 Å². The van der Waals surface area contributed by atoms with Crippen molar-refractivity contribution in [2.45, 2.75) is 58.4 Å². The molecule has 1 unspecified atom stereocenters. The highest BCUT2D eigenvalue weighted by atomic mass is 35.5. The molecule has 1 amide bonds. The Morgan fingerprint density at radius 3 is 2.38 bits per heavy atom. The quantitative estimate of drug-likeness (QED) is 0.237. The summed E-state index contributed by atoms with van der Waals surface area (Å²) in [4.78, 5) is 18.0. The lowest BCUT2D eigenvalue weighted by atomic mass is 9.86. The fourth-order valence-corrected chi connectivity index (χ4v) is 6.12. The molecule has 1 N–H and O–H groups in total. The maximum Gasteiger partial charge on any atom is 0.268 e. The van der Waals surface area contributed by atoms with Crippen molar-refractivity contribution in [2.75, 3.05) is 37.7 Å². The predicted molar refractivity (Wildman–Crippen MR) is 169 cm³/mol. The van der Waals surface area contributed by atoms with E-state index in [-0.39, 0.29) is 5.04 Å². The van der Waals surface area contributed by atoms with E-state index >= 15 is 0 Å². The zero-order chi connectivity index (χ0) is 29.3. The van der Waals surface area contributed by atoms with Gasteiger partial charge < -0.3 is 19.3 Å². The van der Waals surface area contributed by atoms with Crippen molar-refractivity contribution in [3.63, 3.8) is 0 Å². The highest BCUT2D eigenvalue weighted by Crippen LogP contribution is 2.48. The molecule has 212 valence electrons. The summed E-state index contributed by atoms with van der Waals surface area (Å²) in [6.07, 6.45) is 0. The number of carbonyl (C=O) groups excluding carboxylic acids is 1. The number of hydrogen-bond acceptors (Lipinski definition) is 4. The number of halogens is 1. The molecule has 4 rings (SSSR count). The van der Waals surface area contributed by atoms with E-state index in [0.717, 1.165) is 23.9 Å². The Morgan fingerprint density at radius 2 is 1.73 bits per heavy atom. The van der Waals surface area contributed by atoms with Gasteiger partial charge in [0.1, 0.15) is 0 Å². The third-order valence-corrected chi connectivity index (χ3v) is 13.3. The van der Waals surface area contributed by atoms with Crippen LogP contribution in [0.2, 0.25) is 23.2 Å². The van der Waals surface area contributed by atoms with E-state index in [0.29, 0.717) is 47.1 Å². The Labute approximate surface area is 245 Å². The summed E-state index contributed by atoms with van der Waals surface area (Å²) in [5.41, 5.74) is 0.321. The lowest BCUT2D eigenvalue weighted by Crippen LogP contribution is -2.44. The van der Waals surface area contributed by atoms with Crippen LogP contribution in [0.4, 0.5) is 5.69 Å². The molecule has 0 spiro atoms. The standard InChI is InChI=1S/C33H41ClN2O3Si/c1-8-35(9-2)18-19-36-29-22-24(13-12-20-39-40(6,7)32(3,4)5)21-28(34)30(29)33(38,31(36)37)27-17-16-25-14-10-11-15-26(25)23-27/h10-11,14-17,21-23,38H,8-9,18-20H2,1-7H3. The highest BCUT2D eigenvalue weighted by Gasteiger charge is 2.52. The smallest absolute Gasteiger partial charge is 0.268 e. The normalized spacial score (nSPS) is 17.4. The average molecular weight is 577 g/mol. The van der Waals surface area contributed by atoms with Crippen molar-refractivity contribution in [2.24, 2.45) is 0 Å².